The van der Waals surface area contributed by atoms with Crippen LogP contribution in [0.3, 0.4) is 0 Å². The van der Waals surface area contributed by atoms with Gasteiger partial charge in [0.15, 0.2) is 0 Å². The lowest BCUT2D eigenvalue weighted by atomic mass is 10.2. The summed E-state index contributed by atoms with van der Waals surface area (Å²) in [5.41, 5.74) is 0.550. The van der Waals surface area contributed by atoms with Gasteiger partial charge >= 0.3 is 0 Å². The number of rotatable bonds is 3. The highest BCUT2D eigenvalue weighted by molar-refractivity contribution is 5.97. The molecule has 1 aromatic rings. The number of nitrogens with one attached hydrogen (secondary N) is 1. The standard InChI is InChI=1S/C14H17N3O2/c18-13(16-11-5-6-11)12-4-2-8-17(12)14(19)10-3-1-7-15-9-10/h1,3,7,9,11-12H,2,4-6,8H2,(H,16,18). The Bertz CT molecular complexity index is 485. The van der Waals surface area contributed by atoms with E-state index in [1.54, 1.807) is 29.4 Å². The Kier molecular flexibility index (Phi) is 3.19. The summed E-state index contributed by atoms with van der Waals surface area (Å²) in [6.07, 6.45) is 6.96. The highest BCUT2D eigenvalue weighted by Gasteiger charge is 2.36. The lowest BCUT2D eigenvalue weighted by Crippen LogP contribution is -2.46. The molecule has 0 spiro atoms. The van der Waals surface area contributed by atoms with Crippen molar-refractivity contribution in [1.82, 2.24) is 15.2 Å². The third-order valence-electron chi connectivity index (χ3n) is 3.65. The first-order chi connectivity index (χ1) is 9.25. The first-order valence-electron chi connectivity index (χ1n) is 6.77. The fraction of sp³-hybridized carbons (Fsp3) is 0.500. The Hall–Kier alpha value is -1.91. The molecule has 2 fully saturated rings. The van der Waals surface area contributed by atoms with Gasteiger partial charge in [0.25, 0.3) is 5.91 Å². The van der Waals surface area contributed by atoms with Gasteiger partial charge < -0.3 is 10.2 Å². The van der Waals surface area contributed by atoms with Crippen LogP contribution < -0.4 is 5.32 Å². The second kappa shape index (κ2) is 4.99. The molecule has 1 saturated heterocycles. The summed E-state index contributed by atoms with van der Waals surface area (Å²) >= 11 is 0. The van der Waals surface area contributed by atoms with Crippen molar-refractivity contribution in [2.45, 2.75) is 37.8 Å². The fourth-order valence-corrected chi connectivity index (χ4v) is 2.46. The Morgan fingerprint density at radius 1 is 1.32 bits per heavy atom. The number of hydrogen-bond donors (Lipinski definition) is 1. The second-order valence-corrected chi connectivity index (χ2v) is 5.18. The van der Waals surface area contributed by atoms with Crippen LogP contribution in [-0.2, 0) is 4.79 Å². The van der Waals surface area contributed by atoms with Gasteiger partial charge in [-0.15, -0.1) is 0 Å². The third-order valence-corrected chi connectivity index (χ3v) is 3.65. The quantitative estimate of drug-likeness (QED) is 0.879. The molecule has 5 nitrogen and oxygen atoms in total. The van der Waals surface area contributed by atoms with Crippen molar-refractivity contribution < 1.29 is 9.59 Å². The molecule has 2 aliphatic rings. The molecule has 2 heterocycles. The van der Waals surface area contributed by atoms with E-state index in [1.165, 1.54) is 0 Å². The molecule has 0 bridgehead atoms. The Morgan fingerprint density at radius 3 is 2.84 bits per heavy atom. The Labute approximate surface area is 112 Å². The normalized spacial score (nSPS) is 22.3. The van der Waals surface area contributed by atoms with Gasteiger partial charge in [0.2, 0.25) is 5.91 Å². The van der Waals surface area contributed by atoms with Crippen LogP contribution in [0.25, 0.3) is 0 Å². The van der Waals surface area contributed by atoms with Crippen LogP contribution in [-0.4, -0.2) is 40.3 Å². The van der Waals surface area contributed by atoms with E-state index >= 15 is 0 Å². The van der Waals surface area contributed by atoms with Crippen molar-refractivity contribution in [3.05, 3.63) is 30.1 Å². The first kappa shape index (κ1) is 12.1. The molecule has 1 atom stereocenters. The van der Waals surface area contributed by atoms with Gasteiger partial charge in [-0.05, 0) is 37.8 Å². The van der Waals surface area contributed by atoms with Crippen molar-refractivity contribution in [3.8, 4) is 0 Å². The van der Waals surface area contributed by atoms with Crippen LogP contribution >= 0.6 is 0 Å². The van der Waals surface area contributed by atoms with Gasteiger partial charge in [0, 0.05) is 25.0 Å². The molecule has 5 heteroatoms. The third kappa shape index (κ3) is 2.59. The number of amides is 2. The number of likely N-dealkylation sites (tertiary alicyclic amines) is 1. The minimum atomic E-state index is -0.312. The molecular formula is C14H17N3O2. The monoisotopic (exact) mass is 259 g/mol. The zero-order valence-corrected chi connectivity index (χ0v) is 10.7. The van der Waals surface area contributed by atoms with E-state index in [0.717, 1.165) is 25.7 Å². The van der Waals surface area contributed by atoms with E-state index in [-0.39, 0.29) is 17.9 Å². The minimum absolute atomic E-state index is 0.00256. The average Bonchev–Trinajstić information content (AvgIpc) is 3.11. The number of aromatic nitrogens is 1. The van der Waals surface area contributed by atoms with E-state index in [2.05, 4.69) is 10.3 Å². The van der Waals surface area contributed by atoms with E-state index < -0.39 is 0 Å². The van der Waals surface area contributed by atoms with Crippen molar-refractivity contribution in [3.63, 3.8) is 0 Å². The van der Waals surface area contributed by atoms with E-state index in [9.17, 15) is 9.59 Å². The topological polar surface area (TPSA) is 62.3 Å². The van der Waals surface area contributed by atoms with Crippen LogP contribution in [0, 0.1) is 0 Å². The van der Waals surface area contributed by atoms with E-state index in [4.69, 9.17) is 0 Å². The van der Waals surface area contributed by atoms with Crippen molar-refractivity contribution in [1.29, 1.82) is 0 Å². The molecule has 1 N–H and O–H groups in total. The van der Waals surface area contributed by atoms with Crippen LogP contribution in [0.5, 0.6) is 0 Å². The van der Waals surface area contributed by atoms with Crippen molar-refractivity contribution in [2.75, 3.05) is 6.54 Å². The SMILES string of the molecule is O=C(NC1CC1)C1CCCN1C(=O)c1cccnc1. The van der Waals surface area contributed by atoms with Gasteiger partial charge in [-0.2, -0.15) is 0 Å². The summed E-state index contributed by atoms with van der Waals surface area (Å²) in [5, 5.41) is 2.98. The molecular weight excluding hydrogens is 242 g/mol. The first-order valence-corrected chi connectivity index (χ1v) is 6.77. The lowest BCUT2D eigenvalue weighted by Gasteiger charge is -2.23. The molecule has 1 aromatic heterocycles. The largest absolute Gasteiger partial charge is 0.352 e. The van der Waals surface area contributed by atoms with Crippen molar-refractivity contribution >= 4 is 11.8 Å². The zero-order chi connectivity index (χ0) is 13.2. The maximum absolute atomic E-state index is 12.4. The molecule has 1 aliphatic carbocycles. The molecule has 100 valence electrons. The van der Waals surface area contributed by atoms with Crippen LogP contribution in [0.4, 0.5) is 0 Å². The smallest absolute Gasteiger partial charge is 0.256 e. The minimum Gasteiger partial charge on any atom is -0.352 e. The zero-order valence-electron chi connectivity index (χ0n) is 10.7. The van der Waals surface area contributed by atoms with Gasteiger partial charge in [-0.25, -0.2) is 0 Å². The molecule has 3 rings (SSSR count). The summed E-state index contributed by atoms with van der Waals surface area (Å²) in [6, 6.07) is 3.50. The van der Waals surface area contributed by atoms with Gasteiger partial charge in [0.05, 0.1) is 5.56 Å². The molecule has 1 unspecified atom stereocenters. The van der Waals surface area contributed by atoms with Crippen molar-refractivity contribution in [2.24, 2.45) is 0 Å². The molecule has 19 heavy (non-hydrogen) atoms. The molecule has 1 saturated carbocycles. The lowest BCUT2D eigenvalue weighted by molar-refractivity contribution is -0.125. The Balaban J connectivity index is 1.71. The fourth-order valence-electron chi connectivity index (χ4n) is 2.46. The number of pyridine rings is 1. The maximum Gasteiger partial charge on any atom is 0.256 e. The van der Waals surface area contributed by atoms with Crippen LogP contribution in [0.15, 0.2) is 24.5 Å². The molecule has 0 radical (unpaired) electrons. The van der Waals surface area contributed by atoms with E-state index in [1.807, 2.05) is 0 Å². The van der Waals surface area contributed by atoms with E-state index in [0.29, 0.717) is 18.2 Å². The average molecular weight is 259 g/mol. The highest BCUT2D eigenvalue weighted by Crippen LogP contribution is 2.23. The highest BCUT2D eigenvalue weighted by atomic mass is 16.2. The number of hydrogen-bond acceptors (Lipinski definition) is 3. The summed E-state index contributed by atoms with van der Waals surface area (Å²) in [4.78, 5) is 30.1. The summed E-state index contributed by atoms with van der Waals surface area (Å²) < 4.78 is 0. The predicted molar refractivity (Wildman–Crippen MR) is 69.5 cm³/mol. The van der Waals surface area contributed by atoms with Gasteiger partial charge in [-0.3, -0.25) is 14.6 Å². The number of nitrogens with zero attached hydrogens (tertiary/aromatic N) is 2. The molecule has 1 aliphatic heterocycles. The summed E-state index contributed by atoms with van der Waals surface area (Å²) in [5.74, 6) is -0.0983. The number of carbonyl (C=O) groups is 2. The summed E-state index contributed by atoms with van der Waals surface area (Å²) in [6.45, 7) is 0.649. The second-order valence-electron chi connectivity index (χ2n) is 5.18. The summed E-state index contributed by atoms with van der Waals surface area (Å²) in [7, 11) is 0. The maximum atomic E-state index is 12.4. The number of carbonyl (C=O) groups excluding carboxylic acids is 2. The van der Waals surface area contributed by atoms with Gasteiger partial charge in [0.1, 0.15) is 6.04 Å². The molecule has 0 aromatic carbocycles. The predicted octanol–water partition coefficient (Wildman–Crippen LogP) is 0.965. The van der Waals surface area contributed by atoms with Crippen LogP contribution in [0.2, 0.25) is 0 Å². The van der Waals surface area contributed by atoms with Crippen LogP contribution in [0.1, 0.15) is 36.0 Å². The Morgan fingerprint density at radius 2 is 2.16 bits per heavy atom. The van der Waals surface area contributed by atoms with Gasteiger partial charge in [-0.1, -0.05) is 0 Å². The molecule has 2 amide bonds.